The maximum Gasteiger partial charge on any atom is 0.323 e. The molecule has 2 atom stereocenters. The Bertz CT molecular complexity index is 1040. The molecule has 31 heavy (non-hydrogen) atoms. The van der Waals surface area contributed by atoms with E-state index in [0.717, 1.165) is 12.1 Å². The summed E-state index contributed by atoms with van der Waals surface area (Å²) in [7, 11) is 0. The Morgan fingerprint density at radius 3 is 2.45 bits per heavy atom. The highest BCUT2D eigenvalue weighted by molar-refractivity contribution is 5.99. The third-order valence-corrected chi connectivity index (χ3v) is 5.92. The molecule has 4 rings (SSSR count). The molecule has 2 aliphatic rings. The zero-order valence-corrected chi connectivity index (χ0v) is 18.4. The number of anilines is 2. The quantitative estimate of drug-likeness (QED) is 0.788. The molecule has 2 N–H and O–H groups in total. The average Bonchev–Trinajstić information content (AvgIpc) is 2.70. The molecule has 0 unspecified atom stereocenters. The van der Waals surface area contributed by atoms with Gasteiger partial charge < -0.3 is 20.1 Å². The van der Waals surface area contributed by atoms with Crippen LogP contribution in [-0.4, -0.2) is 34.5 Å². The number of fused-ring (bicyclic) bond motifs is 4. The van der Waals surface area contributed by atoms with E-state index in [1.807, 2.05) is 29.2 Å². The number of nitrogens with zero attached hydrogens (tertiary/aromatic N) is 2. The summed E-state index contributed by atoms with van der Waals surface area (Å²) >= 11 is 0. The number of hydrogen-bond acceptors (Lipinski definition) is 3. The average molecular weight is 423 g/mol. The third kappa shape index (κ3) is 4.81. The minimum atomic E-state index is -0.446. The molecule has 2 aromatic rings. The molecule has 0 aliphatic carbocycles. The first-order valence-corrected chi connectivity index (χ1v) is 10.8. The van der Waals surface area contributed by atoms with Gasteiger partial charge >= 0.3 is 6.03 Å². The number of likely N-dealkylation sites (tertiary alicyclic amines) is 1. The van der Waals surface area contributed by atoms with Gasteiger partial charge in [0.1, 0.15) is 5.69 Å². The van der Waals surface area contributed by atoms with Crippen molar-refractivity contribution in [3.63, 3.8) is 0 Å². The van der Waals surface area contributed by atoms with Gasteiger partial charge in [-0.25, -0.2) is 4.79 Å². The molecule has 7 heteroatoms. The van der Waals surface area contributed by atoms with Crippen LogP contribution in [0.2, 0.25) is 0 Å². The van der Waals surface area contributed by atoms with E-state index in [-0.39, 0.29) is 34.4 Å². The Balaban J connectivity index is 1.49. The summed E-state index contributed by atoms with van der Waals surface area (Å²) in [6.07, 6.45) is 1.51. The van der Waals surface area contributed by atoms with Crippen LogP contribution in [-0.2, 0) is 11.3 Å². The molecule has 3 amide bonds. The van der Waals surface area contributed by atoms with Gasteiger partial charge in [0.05, 0.1) is 0 Å². The maximum absolute atomic E-state index is 13.1. The number of aromatic nitrogens is 1. The van der Waals surface area contributed by atoms with E-state index in [1.165, 1.54) is 0 Å². The summed E-state index contributed by atoms with van der Waals surface area (Å²) in [5.74, 6) is 0.589. The second-order valence-electron chi connectivity index (χ2n) is 9.87. The highest BCUT2D eigenvalue weighted by atomic mass is 16.2. The first-order chi connectivity index (χ1) is 14.7. The molecule has 1 aromatic carbocycles. The summed E-state index contributed by atoms with van der Waals surface area (Å²) in [6.45, 7) is 8.13. The molecule has 164 valence electrons. The summed E-state index contributed by atoms with van der Waals surface area (Å²) in [6, 6.07) is 12.2. The highest BCUT2D eigenvalue weighted by Gasteiger charge is 2.37. The smallest absolute Gasteiger partial charge is 0.323 e. The molecule has 1 fully saturated rings. The van der Waals surface area contributed by atoms with Crippen LogP contribution in [0.4, 0.5) is 16.2 Å². The summed E-state index contributed by atoms with van der Waals surface area (Å²) in [4.78, 5) is 40.1. The molecule has 2 aliphatic heterocycles. The fourth-order valence-electron chi connectivity index (χ4n) is 4.62. The normalized spacial score (nSPS) is 20.0. The van der Waals surface area contributed by atoms with Crippen molar-refractivity contribution in [2.24, 2.45) is 11.3 Å². The molecule has 3 heterocycles. The van der Waals surface area contributed by atoms with Crippen LogP contribution >= 0.6 is 0 Å². The predicted octanol–water partition coefficient (Wildman–Crippen LogP) is 3.87. The Labute approximate surface area is 182 Å². The Morgan fingerprint density at radius 2 is 1.74 bits per heavy atom. The van der Waals surface area contributed by atoms with Gasteiger partial charge in [0.2, 0.25) is 5.91 Å². The first-order valence-electron chi connectivity index (χ1n) is 10.8. The number of para-hydroxylation sites is 1. The van der Waals surface area contributed by atoms with Crippen molar-refractivity contribution >= 4 is 23.3 Å². The lowest BCUT2D eigenvalue weighted by atomic mass is 9.82. The van der Waals surface area contributed by atoms with Crippen LogP contribution in [0.25, 0.3) is 0 Å². The van der Waals surface area contributed by atoms with E-state index in [2.05, 4.69) is 31.4 Å². The van der Waals surface area contributed by atoms with Gasteiger partial charge in [0, 0.05) is 43.4 Å². The molecule has 1 saturated heterocycles. The van der Waals surface area contributed by atoms with Crippen molar-refractivity contribution in [3.8, 4) is 0 Å². The fraction of sp³-hybridized carbons (Fsp3) is 0.458. The van der Waals surface area contributed by atoms with Crippen LogP contribution < -0.4 is 16.2 Å². The lowest BCUT2D eigenvalue weighted by Crippen LogP contribution is -2.49. The summed E-state index contributed by atoms with van der Waals surface area (Å²) in [5, 5.41) is 5.41. The van der Waals surface area contributed by atoms with Gasteiger partial charge in [-0.15, -0.1) is 0 Å². The molecule has 1 aromatic heterocycles. The van der Waals surface area contributed by atoms with Crippen LogP contribution in [0.15, 0.2) is 47.3 Å². The van der Waals surface area contributed by atoms with Gasteiger partial charge in [0.15, 0.2) is 0 Å². The number of carbonyl (C=O) groups is 2. The maximum atomic E-state index is 13.1. The monoisotopic (exact) mass is 422 g/mol. The van der Waals surface area contributed by atoms with Crippen LogP contribution in [0, 0.1) is 11.3 Å². The minimum Gasteiger partial charge on any atom is -0.342 e. The number of nitrogens with one attached hydrogen (secondary N) is 2. The lowest BCUT2D eigenvalue weighted by molar-refractivity contribution is -0.135. The van der Waals surface area contributed by atoms with Crippen LogP contribution in [0.3, 0.4) is 0 Å². The largest absolute Gasteiger partial charge is 0.342 e. The van der Waals surface area contributed by atoms with Crippen molar-refractivity contribution in [1.29, 1.82) is 0 Å². The van der Waals surface area contributed by atoms with Gasteiger partial charge in [-0.2, -0.15) is 0 Å². The highest BCUT2D eigenvalue weighted by Crippen LogP contribution is 2.36. The third-order valence-electron chi connectivity index (χ3n) is 5.92. The number of pyridine rings is 1. The van der Waals surface area contributed by atoms with E-state index in [9.17, 15) is 14.4 Å². The SMILES string of the molecule is CC(C)(C)CC(=O)N1C[C@H]2C[C@H](C1)c1ccc(NC(=O)Nc3ccccc3)c(=O)n1C2. The lowest BCUT2D eigenvalue weighted by Gasteiger charge is -2.43. The van der Waals surface area contributed by atoms with E-state index in [1.54, 1.807) is 22.8 Å². The Morgan fingerprint density at radius 1 is 1.00 bits per heavy atom. The standard InChI is InChI=1S/C24H30N4O3/c1-24(2,3)12-21(29)27-13-16-11-17(15-27)20-10-9-19(22(30)28(20)14-16)26-23(31)25-18-7-5-4-6-8-18/h4-10,16-17H,11-15H2,1-3H3,(H2,25,26,31)/t16-,17-/m1/s1. The fourth-order valence-corrected chi connectivity index (χ4v) is 4.62. The van der Waals surface area contributed by atoms with E-state index >= 15 is 0 Å². The molecule has 7 nitrogen and oxygen atoms in total. The van der Waals surface area contributed by atoms with Crippen molar-refractivity contribution < 1.29 is 9.59 Å². The van der Waals surface area contributed by atoms with Crippen molar-refractivity contribution in [2.45, 2.75) is 46.1 Å². The predicted molar refractivity (Wildman–Crippen MR) is 121 cm³/mol. The van der Waals surface area contributed by atoms with Crippen molar-refractivity contribution in [2.75, 3.05) is 23.7 Å². The van der Waals surface area contributed by atoms with Gasteiger partial charge in [-0.1, -0.05) is 39.0 Å². The second-order valence-corrected chi connectivity index (χ2v) is 9.87. The molecular formula is C24H30N4O3. The van der Waals surface area contributed by atoms with E-state index < -0.39 is 6.03 Å². The number of amides is 3. The molecule has 0 saturated carbocycles. The topological polar surface area (TPSA) is 83.4 Å². The minimum absolute atomic E-state index is 0.0423. The summed E-state index contributed by atoms with van der Waals surface area (Å²) < 4.78 is 1.78. The van der Waals surface area contributed by atoms with Gasteiger partial charge in [-0.3, -0.25) is 9.59 Å². The number of hydrogen-bond donors (Lipinski definition) is 2. The van der Waals surface area contributed by atoms with Crippen molar-refractivity contribution in [3.05, 3.63) is 58.5 Å². The number of benzene rings is 1. The first kappa shape index (κ1) is 21.2. The number of piperidine rings is 1. The van der Waals surface area contributed by atoms with E-state index in [4.69, 9.17) is 0 Å². The zero-order chi connectivity index (χ0) is 22.2. The molecular weight excluding hydrogens is 392 g/mol. The zero-order valence-electron chi connectivity index (χ0n) is 18.4. The molecule has 0 spiro atoms. The Kier molecular flexibility index (Phi) is 5.60. The van der Waals surface area contributed by atoms with Crippen LogP contribution in [0.5, 0.6) is 0 Å². The number of carbonyl (C=O) groups excluding carboxylic acids is 2. The molecule has 2 bridgehead atoms. The van der Waals surface area contributed by atoms with E-state index in [0.29, 0.717) is 31.7 Å². The number of urea groups is 1. The summed E-state index contributed by atoms with van der Waals surface area (Å²) in [5.41, 5.74) is 1.64. The van der Waals surface area contributed by atoms with Gasteiger partial charge in [0.25, 0.3) is 5.56 Å². The van der Waals surface area contributed by atoms with Gasteiger partial charge in [-0.05, 0) is 42.0 Å². The van der Waals surface area contributed by atoms with Crippen molar-refractivity contribution in [1.82, 2.24) is 9.47 Å². The Hall–Kier alpha value is -3.09. The number of rotatable bonds is 3. The second kappa shape index (κ2) is 8.21. The molecule has 0 radical (unpaired) electrons. The van der Waals surface area contributed by atoms with Crippen LogP contribution in [0.1, 0.15) is 45.2 Å².